The van der Waals surface area contributed by atoms with Crippen LogP contribution >= 0.6 is 0 Å². The summed E-state index contributed by atoms with van der Waals surface area (Å²) in [4.78, 5) is 37.2. The van der Waals surface area contributed by atoms with Gasteiger partial charge in [0.2, 0.25) is 0 Å². The van der Waals surface area contributed by atoms with Gasteiger partial charge in [0.25, 0.3) is 0 Å². The van der Waals surface area contributed by atoms with Gasteiger partial charge in [-0.05, 0) is 45.4 Å². The van der Waals surface area contributed by atoms with E-state index in [1.165, 1.54) is 12.1 Å². The van der Waals surface area contributed by atoms with E-state index >= 15 is 0 Å². The number of carbonyl (C=O) groups excluding carboxylic acids is 3. The summed E-state index contributed by atoms with van der Waals surface area (Å²) in [6, 6.07) is 2.81. The largest absolute Gasteiger partial charge is 0.462 e. The second-order valence-electron chi connectivity index (χ2n) is 5.42. The average molecular weight is 350 g/mol. The van der Waals surface area contributed by atoms with Crippen LogP contribution in [0.25, 0.3) is 0 Å². The molecule has 138 valence electrons. The number of Topliss-reactive ketones (excluding diaryl/α,β-unsaturated/α-hetero) is 1. The molecule has 0 aliphatic heterocycles. The Morgan fingerprint density at radius 1 is 0.920 bits per heavy atom. The highest BCUT2D eigenvalue weighted by molar-refractivity contribution is 6.14. The molecule has 0 bridgehead atoms. The fourth-order valence-corrected chi connectivity index (χ4v) is 2.45. The third-order valence-corrected chi connectivity index (χ3v) is 3.60. The Morgan fingerprint density at radius 3 is 2.16 bits per heavy atom. The maximum atomic E-state index is 12.6. The lowest BCUT2D eigenvalue weighted by atomic mass is 9.93. The molecule has 0 unspecified atom stereocenters. The standard InChI is InChI=1S/C18H26N2O5/c1-3-24-17(22)12-9-10-13(20)16(15(12)18(23)25-4-2)14(21)8-6-5-7-11-19/h9-10H,3-8,11,19-20H2,1-2H3. The maximum Gasteiger partial charge on any atom is 0.339 e. The Balaban J connectivity index is 3.28. The third kappa shape index (κ3) is 5.56. The van der Waals surface area contributed by atoms with E-state index in [2.05, 4.69) is 0 Å². The summed E-state index contributed by atoms with van der Waals surface area (Å²) >= 11 is 0. The monoisotopic (exact) mass is 350 g/mol. The van der Waals surface area contributed by atoms with Crippen LogP contribution in [0.4, 0.5) is 5.69 Å². The number of unbranched alkanes of at least 4 members (excludes halogenated alkanes) is 2. The highest BCUT2D eigenvalue weighted by Gasteiger charge is 2.28. The highest BCUT2D eigenvalue weighted by Crippen LogP contribution is 2.26. The normalized spacial score (nSPS) is 10.4. The molecule has 1 rings (SSSR count). The van der Waals surface area contributed by atoms with Crippen LogP contribution in [0.2, 0.25) is 0 Å². The van der Waals surface area contributed by atoms with Gasteiger partial charge in [-0.25, -0.2) is 9.59 Å². The lowest BCUT2D eigenvalue weighted by Crippen LogP contribution is -2.20. The zero-order valence-electron chi connectivity index (χ0n) is 14.8. The van der Waals surface area contributed by atoms with Crippen LogP contribution in [0.1, 0.15) is 70.6 Å². The van der Waals surface area contributed by atoms with Gasteiger partial charge in [0, 0.05) is 12.1 Å². The van der Waals surface area contributed by atoms with Crippen molar-refractivity contribution < 1.29 is 23.9 Å². The number of hydrogen-bond donors (Lipinski definition) is 2. The quantitative estimate of drug-likeness (QED) is 0.287. The molecule has 0 heterocycles. The molecule has 0 saturated heterocycles. The second-order valence-corrected chi connectivity index (χ2v) is 5.42. The van der Waals surface area contributed by atoms with Crippen LogP contribution in [0.3, 0.4) is 0 Å². The number of anilines is 1. The lowest BCUT2D eigenvalue weighted by molar-refractivity contribution is 0.0477. The first-order valence-electron chi connectivity index (χ1n) is 8.47. The smallest absolute Gasteiger partial charge is 0.339 e. The molecule has 1 aromatic carbocycles. The maximum absolute atomic E-state index is 12.6. The minimum atomic E-state index is -0.761. The fraction of sp³-hybridized carbons (Fsp3) is 0.500. The van der Waals surface area contributed by atoms with E-state index in [0.717, 1.165) is 12.8 Å². The molecular weight excluding hydrogens is 324 g/mol. The molecule has 0 aliphatic carbocycles. The summed E-state index contributed by atoms with van der Waals surface area (Å²) in [5, 5.41) is 0. The summed E-state index contributed by atoms with van der Waals surface area (Å²) in [7, 11) is 0. The molecule has 0 spiro atoms. The molecule has 7 nitrogen and oxygen atoms in total. The first-order valence-corrected chi connectivity index (χ1v) is 8.47. The van der Waals surface area contributed by atoms with Gasteiger partial charge in [-0.2, -0.15) is 0 Å². The molecule has 0 radical (unpaired) electrons. The van der Waals surface area contributed by atoms with E-state index in [4.69, 9.17) is 20.9 Å². The molecule has 25 heavy (non-hydrogen) atoms. The SMILES string of the molecule is CCOC(=O)c1ccc(N)c(C(=O)CCCCCN)c1C(=O)OCC. The van der Waals surface area contributed by atoms with Crippen molar-refractivity contribution in [3.05, 3.63) is 28.8 Å². The highest BCUT2D eigenvalue weighted by atomic mass is 16.5. The van der Waals surface area contributed by atoms with Crippen LogP contribution in [0.15, 0.2) is 12.1 Å². The fourth-order valence-electron chi connectivity index (χ4n) is 2.45. The molecule has 0 atom stereocenters. The minimum Gasteiger partial charge on any atom is -0.462 e. The second kappa shape index (κ2) is 10.5. The molecule has 0 fully saturated rings. The summed E-state index contributed by atoms with van der Waals surface area (Å²) in [6.45, 7) is 4.11. The number of nitrogens with two attached hydrogens (primary N) is 2. The zero-order chi connectivity index (χ0) is 18.8. The summed E-state index contributed by atoms with van der Waals surface area (Å²) in [5.41, 5.74) is 11.4. The lowest BCUT2D eigenvalue weighted by Gasteiger charge is -2.14. The predicted octanol–water partition coefficient (Wildman–Crippen LogP) is 2.32. The Morgan fingerprint density at radius 2 is 1.56 bits per heavy atom. The van der Waals surface area contributed by atoms with E-state index < -0.39 is 11.9 Å². The van der Waals surface area contributed by atoms with E-state index in [-0.39, 0.29) is 47.8 Å². The van der Waals surface area contributed by atoms with E-state index in [0.29, 0.717) is 13.0 Å². The van der Waals surface area contributed by atoms with Crippen LogP contribution in [-0.4, -0.2) is 37.5 Å². The number of esters is 2. The molecule has 7 heteroatoms. The van der Waals surface area contributed by atoms with Crippen molar-refractivity contribution in [3.63, 3.8) is 0 Å². The van der Waals surface area contributed by atoms with Gasteiger partial charge in [0.1, 0.15) is 0 Å². The van der Waals surface area contributed by atoms with Crippen molar-refractivity contribution in [1.82, 2.24) is 0 Å². The summed E-state index contributed by atoms with van der Waals surface area (Å²) in [6.07, 6.45) is 2.45. The number of benzene rings is 1. The summed E-state index contributed by atoms with van der Waals surface area (Å²) in [5.74, 6) is -1.75. The molecule has 0 aromatic heterocycles. The Bertz CT molecular complexity index is 628. The van der Waals surface area contributed by atoms with Gasteiger partial charge in [0.15, 0.2) is 5.78 Å². The molecule has 0 amide bonds. The van der Waals surface area contributed by atoms with Gasteiger partial charge in [-0.15, -0.1) is 0 Å². The minimum absolute atomic E-state index is 0.0141. The van der Waals surface area contributed by atoms with Crippen molar-refractivity contribution in [2.24, 2.45) is 5.73 Å². The van der Waals surface area contributed by atoms with Crippen LogP contribution in [0, 0.1) is 0 Å². The van der Waals surface area contributed by atoms with E-state index in [1.807, 2.05) is 0 Å². The van der Waals surface area contributed by atoms with E-state index in [9.17, 15) is 14.4 Å². The van der Waals surface area contributed by atoms with Gasteiger partial charge in [0.05, 0.1) is 29.9 Å². The molecule has 4 N–H and O–H groups in total. The number of ketones is 1. The number of hydrogen-bond acceptors (Lipinski definition) is 7. The Labute approximate surface area is 147 Å². The van der Waals surface area contributed by atoms with Gasteiger partial charge < -0.3 is 20.9 Å². The molecule has 0 saturated carbocycles. The molecular formula is C18H26N2O5. The predicted molar refractivity (Wildman–Crippen MR) is 94.6 cm³/mol. The number of nitrogen functional groups attached to an aromatic ring is 1. The number of rotatable bonds is 10. The van der Waals surface area contributed by atoms with E-state index in [1.54, 1.807) is 13.8 Å². The van der Waals surface area contributed by atoms with Crippen molar-refractivity contribution in [2.45, 2.75) is 39.5 Å². The zero-order valence-corrected chi connectivity index (χ0v) is 14.8. The first-order chi connectivity index (χ1) is 12.0. The van der Waals surface area contributed by atoms with Gasteiger partial charge in [-0.3, -0.25) is 4.79 Å². The van der Waals surface area contributed by atoms with Gasteiger partial charge in [-0.1, -0.05) is 6.42 Å². The Kier molecular flexibility index (Phi) is 8.63. The first kappa shape index (κ1) is 20.6. The molecule has 0 aliphatic rings. The van der Waals surface area contributed by atoms with Crippen LogP contribution in [0.5, 0.6) is 0 Å². The molecule has 1 aromatic rings. The third-order valence-electron chi connectivity index (χ3n) is 3.60. The van der Waals surface area contributed by atoms with Crippen molar-refractivity contribution in [2.75, 3.05) is 25.5 Å². The average Bonchev–Trinajstić information content (AvgIpc) is 2.58. The van der Waals surface area contributed by atoms with Crippen molar-refractivity contribution in [1.29, 1.82) is 0 Å². The Hall–Kier alpha value is -2.41. The van der Waals surface area contributed by atoms with Crippen LogP contribution in [-0.2, 0) is 9.47 Å². The number of ether oxygens (including phenoxy) is 2. The van der Waals surface area contributed by atoms with Crippen LogP contribution < -0.4 is 11.5 Å². The topological polar surface area (TPSA) is 122 Å². The van der Waals surface area contributed by atoms with Gasteiger partial charge >= 0.3 is 11.9 Å². The van der Waals surface area contributed by atoms with Crippen molar-refractivity contribution >= 4 is 23.4 Å². The van der Waals surface area contributed by atoms with Crippen molar-refractivity contribution in [3.8, 4) is 0 Å². The summed E-state index contributed by atoms with van der Waals surface area (Å²) < 4.78 is 9.99. The number of carbonyl (C=O) groups is 3.